The predicted molar refractivity (Wildman–Crippen MR) is 75.3 cm³/mol. The summed E-state index contributed by atoms with van der Waals surface area (Å²) in [5.41, 5.74) is 0.965. The average Bonchev–Trinajstić information content (AvgIpc) is 2.44. The van der Waals surface area contributed by atoms with Crippen molar-refractivity contribution in [1.82, 2.24) is 0 Å². The van der Waals surface area contributed by atoms with E-state index in [0.29, 0.717) is 23.7 Å². The molecule has 1 aromatic carbocycles. The molecule has 1 atom stereocenters. The molecule has 0 saturated carbocycles. The Hall–Kier alpha value is -2.24. The largest absolute Gasteiger partial charge is 0.493 e. The Kier molecular flexibility index (Phi) is 5.83. The van der Waals surface area contributed by atoms with E-state index in [4.69, 9.17) is 14.2 Å². The van der Waals surface area contributed by atoms with Crippen LogP contribution in [0.4, 0.5) is 0 Å². The van der Waals surface area contributed by atoms with Crippen LogP contribution in [0, 0.1) is 10.1 Å². The number of ether oxygens (including phenoxy) is 3. The van der Waals surface area contributed by atoms with E-state index in [9.17, 15) is 10.1 Å². The summed E-state index contributed by atoms with van der Waals surface area (Å²) in [5.74, 6) is 1.78. The third kappa shape index (κ3) is 3.88. The van der Waals surface area contributed by atoms with Gasteiger partial charge in [0.1, 0.15) is 0 Å². The zero-order valence-corrected chi connectivity index (χ0v) is 12.1. The molecule has 0 aliphatic heterocycles. The Balaban J connectivity index is 3.03. The van der Waals surface area contributed by atoms with Gasteiger partial charge < -0.3 is 14.2 Å². The average molecular weight is 281 g/mol. The minimum Gasteiger partial charge on any atom is -0.493 e. The molecule has 0 heterocycles. The van der Waals surface area contributed by atoms with Gasteiger partial charge >= 0.3 is 0 Å². The minimum atomic E-state index is -0.470. The molecule has 1 rings (SSSR count). The van der Waals surface area contributed by atoms with Gasteiger partial charge in [-0.3, -0.25) is 10.1 Å². The predicted octanol–water partition coefficient (Wildman–Crippen LogP) is 3.00. The highest BCUT2D eigenvalue weighted by Crippen LogP contribution is 2.40. The Morgan fingerprint density at radius 1 is 1.20 bits per heavy atom. The molecule has 0 spiro atoms. The van der Waals surface area contributed by atoms with Gasteiger partial charge in [0.15, 0.2) is 11.5 Å². The molecule has 0 fully saturated rings. The fraction of sp³-hybridized carbons (Fsp3) is 0.429. The van der Waals surface area contributed by atoms with Crippen LogP contribution in [0.3, 0.4) is 0 Å². The van der Waals surface area contributed by atoms with Crippen LogP contribution in [0.15, 0.2) is 24.4 Å². The second-order valence-electron chi connectivity index (χ2n) is 4.27. The summed E-state index contributed by atoms with van der Waals surface area (Å²) < 4.78 is 15.8. The van der Waals surface area contributed by atoms with Crippen LogP contribution < -0.4 is 14.2 Å². The first-order valence-electron chi connectivity index (χ1n) is 6.13. The van der Waals surface area contributed by atoms with Crippen LogP contribution >= 0.6 is 0 Å². The monoisotopic (exact) mass is 281 g/mol. The first-order chi connectivity index (χ1) is 9.53. The molecule has 1 unspecified atom stereocenters. The first-order valence-corrected chi connectivity index (χ1v) is 6.13. The molecule has 1 aromatic rings. The lowest BCUT2D eigenvalue weighted by Gasteiger charge is -2.16. The van der Waals surface area contributed by atoms with E-state index >= 15 is 0 Å². The Bertz CT molecular complexity index is 473. The maximum atomic E-state index is 10.3. The minimum absolute atomic E-state index is 0.0971. The van der Waals surface area contributed by atoms with Gasteiger partial charge in [-0.15, -0.1) is 0 Å². The zero-order chi connectivity index (χ0) is 15.1. The number of methoxy groups -OCH3 is 3. The third-order valence-electron chi connectivity index (χ3n) is 2.97. The highest BCUT2D eigenvalue weighted by molar-refractivity contribution is 5.54. The van der Waals surface area contributed by atoms with E-state index in [1.807, 2.05) is 19.1 Å². The summed E-state index contributed by atoms with van der Waals surface area (Å²) >= 11 is 0. The molecule has 0 aliphatic rings. The molecule has 0 bridgehead atoms. The molecule has 0 aliphatic carbocycles. The van der Waals surface area contributed by atoms with Crippen LogP contribution in [-0.4, -0.2) is 26.3 Å². The molecule has 0 N–H and O–H groups in total. The van der Waals surface area contributed by atoms with Crippen molar-refractivity contribution >= 4 is 0 Å². The van der Waals surface area contributed by atoms with Crippen molar-refractivity contribution in [2.24, 2.45) is 0 Å². The van der Waals surface area contributed by atoms with Gasteiger partial charge in [-0.05, 0) is 36.1 Å². The molecular weight excluding hydrogens is 262 g/mol. The van der Waals surface area contributed by atoms with Gasteiger partial charge in [-0.2, -0.15) is 0 Å². The quantitative estimate of drug-likeness (QED) is 0.567. The topological polar surface area (TPSA) is 70.8 Å². The Morgan fingerprint density at radius 2 is 1.75 bits per heavy atom. The fourth-order valence-electron chi connectivity index (χ4n) is 1.87. The normalized spacial score (nSPS) is 12.2. The van der Waals surface area contributed by atoms with Crippen molar-refractivity contribution in [3.63, 3.8) is 0 Å². The van der Waals surface area contributed by atoms with Crippen LogP contribution in [0.2, 0.25) is 0 Å². The van der Waals surface area contributed by atoms with E-state index in [-0.39, 0.29) is 5.92 Å². The summed E-state index contributed by atoms with van der Waals surface area (Å²) in [4.78, 5) is 9.79. The van der Waals surface area contributed by atoms with Crippen molar-refractivity contribution in [3.05, 3.63) is 40.1 Å². The smallest absolute Gasteiger partial charge is 0.230 e. The highest BCUT2D eigenvalue weighted by atomic mass is 16.6. The van der Waals surface area contributed by atoms with Gasteiger partial charge in [0, 0.05) is 0 Å². The molecule has 20 heavy (non-hydrogen) atoms. The Labute approximate surface area is 118 Å². The summed E-state index contributed by atoms with van der Waals surface area (Å²) in [6.07, 6.45) is 3.04. The highest BCUT2D eigenvalue weighted by Gasteiger charge is 2.15. The van der Waals surface area contributed by atoms with Crippen molar-refractivity contribution in [3.8, 4) is 17.2 Å². The van der Waals surface area contributed by atoms with Crippen LogP contribution in [0.5, 0.6) is 17.2 Å². The molecule has 6 heteroatoms. The number of hydrogen-bond donors (Lipinski definition) is 0. The lowest BCUT2D eigenvalue weighted by Crippen LogP contribution is -1.99. The summed E-state index contributed by atoms with van der Waals surface area (Å²) in [6.45, 7) is 1.98. The van der Waals surface area contributed by atoms with Gasteiger partial charge in [-0.1, -0.05) is 6.92 Å². The molecule has 0 radical (unpaired) electrons. The maximum Gasteiger partial charge on any atom is 0.230 e. The van der Waals surface area contributed by atoms with Crippen molar-refractivity contribution in [2.75, 3.05) is 21.3 Å². The van der Waals surface area contributed by atoms with Crippen molar-refractivity contribution in [1.29, 1.82) is 0 Å². The number of allylic oxidation sites excluding steroid dienone is 1. The molecule has 0 amide bonds. The lowest BCUT2D eigenvalue weighted by molar-refractivity contribution is -0.402. The first kappa shape index (κ1) is 15.8. The second-order valence-corrected chi connectivity index (χ2v) is 4.27. The third-order valence-corrected chi connectivity index (χ3v) is 2.97. The van der Waals surface area contributed by atoms with Crippen LogP contribution in [-0.2, 0) is 0 Å². The van der Waals surface area contributed by atoms with E-state index < -0.39 is 4.92 Å². The number of nitrogens with zero attached hydrogens (tertiary/aromatic N) is 1. The molecule has 0 saturated heterocycles. The summed E-state index contributed by atoms with van der Waals surface area (Å²) in [6, 6.07) is 3.71. The fourth-order valence-corrected chi connectivity index (χ4v) is 1.87. The molecule has 110 valence electrons. The van der Waals surface area contributed by atoms with E-state index in [1.54, 1.807) is 21.3 Å². The SMILES string of the molecule is COc1cc(C(C)CC=C[N+](=O)[O-])cc(OC)c1OC. The van der Waals surface area contributed by atoms with Crippen LogP contribution in [0.1, 0.15) is 24.8 Å². The second kappa shape index (κ2) is 7.37. The molecule has 6 nitrogen and oxygen atoms in total. The maximum absolute atomic E-state index is 10.3. The number of benzene rings is 1. The Morgan fingerprint density at radius 3 is 2.15 bits per heavy atom. The van der Waals surface area contributed by atoms with E-state index in [0.717, 1.165) is 11.8 Å². The summed E-state index contributed by atoms with van der Waals surface area (Å²) in [7, 11) is 4.65. The van der Waals surface area contributed by atoms with Crippen molar-refractivity contribution < 1.29 is 19.1 Å². The number of hydrogen-bond acceptors (Lipinski definition) is 5. The van der Waals surface area contributed by atoms with Gasteiger partial charge in [-0.25, -0.2) is 0 Å². The standard InChI is InChI=1S/C14H19NO5/c1-10(6-5-7-15(16)17)11-8-12(18-2)14(20-4)13(9-11)19-3/h5,7-10H,6H2,1-4H3. The number of nitro groups is 1. The summed E-state index contributed by atoms with van der Waals surface area (Å²) in [5, 5.41) is 10.3. The van der Waals surface area contributed by atoms with Gasteiger partial charge in [0.2, 0.25) is 11.9 Å². The number of rotatable bonds is 7. The van der Waals surface area contributed by atoms with Crippen LogP contribution in [0.25, 0.3) is 0 Å². The molecular formula is C14H19NO5. The van der Waals surface area contributed by atoms with E-state index in [2.05, 4.69) is 0 Å². The lowest BCUT2D eigenvalue weighted by atomic mass is 9.97. The molecule has 0 aromatic heterocycles. The van der Waals surface area contributed by atoms with E-state index in [1.165, 1.54) is 6.08 Å². The zero-order valence-electron chi connectivity index (χ0n) is 12.1. The van der Waals surface area contributed by atoms with Gasteiger partial charge in [0.05, 0.1) is 26.3 Å². The van der Waals surface area contributed by atoms with Gasteiger partial charge in [0.25, 0.3) is 0 Å². The van der Waals surface area contributed by atoms with Crippen molar-refractivity contribution in [2.45, 2.75) is 19.3 Å².